The Kier molecular flexibility index (Phi) is 9.15. The third kappa shape index (κ3) is 8.31. The summed E-state index contributed by atoms with van der Waals surface area (Å²) in [4.78, 5) is 14.8. The molecule has 1 amide bonds. The largest absolute Gasteiger partial charge is 0.489 e. The highest BCUT2D eigenvalue weighted by molar-refractivity contribution is 6.30. The first-order valence-corrected chi connectivity index (χ1v) is 12.0. The minimum atomic E-state index is -0.636. The van der Waals surface area contributed by atoms with Gasteiger partial charge in [-0.05, 0) is 55.8 Å². The van der Waals surface area contributed by atoms with Gasteiger partial charge in [-0.3, -0.25) is 9.69 Å². The van der Waals surface area contributed by atoms with E-state index in [1.54, 1.807) is 12.1 Å². The van der Waals surface area contributed by atoms with E-state index in [1.807, 2.05) is 45.0 Å². The first kappa shape index (κ1) is 25.5. The van der Waals surface area contributed by atoms with Crippen molar-refractivity contribution >= 4 is 23.2 Å². The number of aliphatic hydroxyl groups excluding tert-OH is 1. The fraction of sp³-hybridized carbons (Fsp3) is 0.500. The highest BCUT2D eigenvalue weighted by Gasteiger charge is 2.23. The van der Waals surface area contributed by atoms with Gasteiger partial charge in [-0.1, -0.05) is 56.6 Å². The summed E-state index contributed by atoms with van der Waals surface area (Å²) in [5.41, 5.74) is 1.39. The smallest absolute Gasteiger partial charge is 0.229 e. The van der Waals surface area contributed by atoms with E-state index in [0.717, 1.165) is 37.5 Å². The molecule has 1 atom stereocenters. The molecule has 2 aromatic carbocycles. The molecule has 0 bridgehead atoms. The van der Waals surface area contributed by atoms with E-state index < -0.39 is 11.5 Å². The third-order valence-electron chi connectivity index (χ3n) is 5.80. The lowest BCUT2D eigenvalue weighted by molar-refractivity contribution is -0.123. The van der Waals surface area contributed by atoms with Crippen LogP contribution in [-0.4, -0.2) is 54.3 Å². The van der Waals surface area contributed by atoms with Gasteiger partial charge in [-0.15, -0.1) is 0 Å². The van der Waals surface area contributed by atoms with Crippen LogP contribution in [0.3, 0.4) is 0 Å². The molecule has 1 aliphatic rings. The van der Waals surface area contributed by atoms with E-state index in [0.29, 0.717) is 24.0 Å². The Morgan fingerprint density at radius 2 is 1.82 bits per heavy atom. The molecular formula is C26H36ClN3O3. The molecule has 0 spiro atoms. The second-order valence-electron chi connectivity index (χ2n) is 9.75. The van der Waals surface area contributed by atoms with Gasteiger partial charge in [0, 0.05) is 29.6 Å². The van der Waals surface area contributed by atoms with Crippen molar-refractivity contribution < 1.29 is 14.6 Å². The number of amides is 1. The monoisotopic (exact) mass is 473 g/mol. The number of halogens is 1. The molecule has 2 aromatic rings. The molecule has 0 aliphatic carbocycles. The Balaban J connectivity index is 1.38. The number of carbonyl (C=O) groups is 1. The molecule has 1 saturated heterocycles. The lowest BCUT2D eigenvalue weighted by Gasteiger charge is -2.33. The molecule has 1 aliphatic heterocycles. The number of hydrogen-bond acceptors (Lipinski definition) is 5. The van der Waals surface area contributed by atoms with E-state index in [9.17, 15) is 9.90 Å². The van der Waals surface area contributed by atoms with Crippen molar-refractivity contribution in [2.75, 3.05) is 31.6 Å². The van der Waals surface area contributed by atoms with Crippen LogP contribution in [0.15, 0.2) is 48.5 Å². The van der Waals surface area contributed by atoms with E-state index in [4.69, 9.17) is 16.3 Å². The number of rotatable bonds is 9. The normalized spacial score (nSPS) is 16.4. The summed E-state index contributed by atoms with van der Waals surface area (Å²) >= 11 is 5.97. The van der Waals surface area contributed by atoms with Crippen molar-refractivity contribution in [2.24, 2.45) is 5.41 Å². The number of benzene rings is 2. The Morgan fingerprint density at radius 3 is 2.48 bits per heavy atom. The Morgan fingerprint density at radius 1 is 1.15 bits per heavy atom. The Labute approximate surface area is 202 Å². The first-order valence-electron chi connectivity index (χ1n) is 11.6. The van der Waals surface area contributed by atoms with Gasteiger partial charge >= 0.3 is 0 Å². The molecule has 33 heavy (non-hydrogen) atoms. The van der Waals surface area contributed by atoms with Gasteiger partial charge in [-0.2, -0.15) is 0 Å². The highest BCUT2D eigenvalue weighted by Crippen LogP contribution is 2.26. The molecule has 6 nitrogen and oxygen atoms in total. The zero-order chi connectivity index (χ0) is 23.8. The Bertz CT molecular complexity index is 890. The van der Waals surface area contributed by atoms with E-state index in [2.05, 4.69) is 27.7 Å². The molecule has 0 radical (unpaired) electrons. The van der Waals surface area contributed by atoms with Crippen LogP contribution in [0.2, 0.25) is 5.02 Å². The minimum Gasteiger partial charge on any atom is -0.489 e. The van der Waals surface area contributed by atoms with Gasteiger partial charge in [0.15, 0.2) is 0 Å². The fourth-order valence-corrected chi connectivity index (χ4v) is 3.82. The Hall–Kier alpha value is -2.12. The van der Waals surface area contributed by atoms with Crippen LogP contribution in [-0.2, 0) is 11.3 Å². The molecule has 1 fully saturated rings. The van der Waals surface area contributed by atoms with Crippen LogP contribution >= 0.6 is 11.6 Å². The molecule has 180 valence electrons. The summed E-state index contributed by atoms with van der Waals surface area (Å²) < 4.78 is 5.82. The van der Waals surface area contributed by atoms with Gasteiger partial charge in [0.1, 0.15) is 18.5 Å². The second kappa shape index (κ2) is 11.8. The van der Waals surface area contributed by atoms with Crippen LogP contribution in [0, 0.1) is 5.41 Å². The zero-order valence-electron chi connectivity index (χ0n) is 19.8. The second-order valence-corrected chi connectivity index (χ2v) is 10.2. The predicted octanol–water partition coefficient (Wildman–Crippen LogP) is 4.32. The molecule has 1 heterocycles. The fourth-order valence-electron chi connectivity index (χ4n) is 3.70. The molecule has 3 N–H and O–H groups in total. The zero-order valence-corrected chi connectivity index (χ0v) is 20.6. The van der Waals surface area contributed by atoms with Crippen LogP contribution in [0.4, 0.5) is 5.69 Å². The maximum atomic E-state index is 12.3. The van der Waals surface area contributed by atoms with Crippen molar-refractivity contribution in [3.05, 3.63) is 59.1 Å². The number of para-hydroxylation sites is 2. The number of likely N-dealkylation sites (tertiary alicyclic amines) is 1. The summed E-state index contributed by atoms with van der Waals surface area (Å²) in [7, 11) is 0. The number of carbonyl (C=O) groups excluding carboxylic acids is 1. The molecule has 7 heteroatoms. The summed E-state index contributed by atoms with van der Waals surface area (Å²) in [5, 5.41) is 17.6. The number of nitrogens with one attached hydrogen (secondary N) is 2. The lowest BCUT2D eigenvalue weighted by atomic mass is 9.95. The van der Waals surface area contributed by atoms with E-state index >= 15 is 0 Å². The van der Waals surface area contributed by atoms with E-state index in [1.165, 1.54) is 5.56 Å². The van der Waals surface area contributed by atoms with Gasteiger partial charge < -0.3 is 20.5 Å². The number of nitrogens with zero attached hydrogens (tertiary/aromatic N) is 1. The van der Waals surface area contributed by atoms with Crippen LogP contribution in [0.1, 0.15) is 39.2 Å². The molecule has 1 unspecified atom stereocenters. The average molecular weight is 474 g/mol. The van der Waals surface area contributed by atoms with Crippen molar-refractivity contribution in [3.63, 3.8) is 0 Å². The van der Waals surface area contributed by atoms with Crippen molar-refractivity contribution in [2.45, 2.75) is 52.3 Å². The standard InChI is InChI=1S/C26H36ClN3O3/c1-26(2,3)25(32)29-23-6-4-5-7-24(23)33-18-22(31)16-28-21-12-14-30(15-13-21)17-19-8-10-20(27)11-9-19/h4-11,21-22,28,31H,12-18H2,1-3H3,(H,29,32). The molecule has 3 rings (SSSR count). The number of piperidine rings is 1. The van der Waals surface area contributed by atoms with Crippen molar-refractivity contribution in [1.82, 2.24) is 10.2 Å². The summed E-state index contributed by atoms with van der Waals surface area (Å²) in [6, 6.07) is 15.7. The van der Waals surface area contributed by atoms with E-state index in [-0.39, 0.29) is 12.5 Å². The maximum Gasteiger partial charge on any atom is 0.229 e. The van der Waals surface area contributed by atoms with Gasteiger partial charge in [-0.25, -0.2) is 0 Å². The number of hydrogen-bond donors (Lipinski definition) is 3. The number of ether oxygens (including phenoxy) is 1. The highest BCUT2D eigenvalue weighted by atomic mass is 35.5. The molecule has 0 saturated carbocycles. The lowest BCUT2D eigenvalue weighted by Crippen LogP contribution is -2.45. The average Bonchev–Trinajstić information content (AvgIpc) is 2.79. The van der Waals surface area contributed by atoms with Gasteiger partial charge in [0.2, 0.25) is 5.91 Å². The van der Waals surface area contributed by atoms with Crippen LogP contribution in [0.5, 0.6) is 5.75 Å². The minimum absolute atomic E-state index is 0.0804. The first-order chi connectivity index (χ1) is 15.7. The SMILES string of the molecule is CC(C)(C)C(=O)Nc1ccccc1OCC(O)CNC1CCN(Cc2ccc(Cl)cc2)CC1. The van der Waals surface area contributed by atoms with Crippen molar-refractivity contribution in [3.8, 4) is 5.75 Å². The number of aliphatic hydroxyl groups is 1. The quantitative estimate of drug-likeness (QED) is 0.506. The third-order valence-corrected chi connectivity index (χ3v) is 6.05. The van der Waals surface area contributed by atoms with Crippen LogP contribution < -0.4 is 15.4 Å². The van der Waals surface area contributed by atoms with Gasteiger partial charge in [0.05, 0.1) is 5.69 Å². The molecule has 0 aromatic heterocycles. The van der Waals surface area contributed by atoms with Crippen LogP contribution in [0.25, 0.3) is 0 Å². The summed E-state index contributed by atoms with van der Waals surface area (Å²) in [6.45, 7) is 9.20. The summed E-state index contributed by atoms with van der Waals surface area (Å²) in [5.74, 6) is 0.479. The molecular weight excluding hydrogens is 438 g/mol. The van der Waals surface area contributed by atoms with Crippen molar-refractivity contribution in [1.29, 1.82) is 0 Å². The van der Waals surface area contributed by atoms with Gasteiger partial charge in [0.25, 0.3) is 0 Å². The number of anilines is 1. The maximum absolute atomic E-state index is 12.3. The summed E-state index contributed by atoms with van der Waals surface area (Å²) in [6.07, 6.45) is 1.45. The topological polar surface area (TPSA) is 73.8 Å². The predicted molar refractivity (Wildman–Crippen MR) is 134 cm³/mol.